The molecule has 0 aliphatic carbocycles. The van der Waals surface area contributed by atoms with E-state index in [1.54, 1.807) is 11.6 Å². The third-order valence-corrected chi connectivity index (χ3v) is 5.91. The van der Waals surface area contributed by atoms with Crippen molar-refractivity contribution in [3.8, 4) is 11.4 Å². The van der Waals surface area contributed by atoms with Crippen molar-refractivity contribution in [1.29, 1.82) is 0 Å². The highest BCUT2D eigenvalue weighted by Crippen LogP contribution is 2.26. The normalized spacial score (nSPS) is 14.6. The quantitative estimate of drug-likeness (QED) is 0.315. The number of hydrogen-bond acceptors (Lipinski definition) is 5. The zero-order valence-corrected chi connectivity index (χ0v) is 18.9. The number of hydrogen-bond donors (Lipinski definition) is 2. The minimum Gasteiger partial charge on any atom is -0.379 e. The number of nitrogens with one attached hydrogen (secondary N) is 1. The number of aryl methyl sites for hydroxylation is 1. The summed E-state index contributed by atoms with van der Waals surface area (Å²) in [6.07, 6.45) is 3.79. The number of imidazole rings is 1. The maximum atomic E-state index is 11.4. The molecule has 3 aromatic rings. The van der Waals surface area contributed by atoms with Crippen molar-refractivity contribution in [2.45, 2.75) is 19.9 Å². The maximum Gasteiger partial charge on any atom is 0.267 e. The van der Waals surface area contributed by atoms with Crippen LogP contribution in [-0.4, -0.2) is 58.4 Å². The fourth-order valence-electron chi connectivity index (χ4n) is 4.14. The monoisotopic (exact) mass is 446 g/mol. The van der Waals surface area contributed by atoms with E-state index in [9.17, 15) is 4.79 Å². The zero-order valence-electron chi connectivity index (χ0n) is 18.9. The molecule has 0 saturated carbocycles. The first kappa shape index (κ1) is 22.9. The molecule has 2 aromatic carbocycles. The molecule has 33 heavy (non-hydrogen) atoms. The molecular formula is C26H30N4O3. The van der Waals surface area contributed by atoms with Crippen LogP contribution in [0, 0.1) is 6.92 Å². The summed E-state index contributed by atoms with van der Waals surface area (Å²) in [7, 11) is 0. The van der Waals surface area contributed by atoms with Crippen LogP contribution in [0.15, 0.2) is 60.7 Å². The van der Waals surface area contributed by atoms with Crippen molar-refractivity contribution in [3.05, 3.63) is 83.2 Å². The Kier molecular flexibility index (Phi) is 7.67. The van der Waals surface area contributed by atoms with Gasteiger partial charge in [0.25, 0.3) is 5.91 Å². The van der Waals surface area contributed by atoms with E-state index >= 15 is 0 Å². The summed E-state index contributed by atoms with van der Waals surface area (Å²) in [5, 5.41) is 8.73. The topological polar surface area (TPSA) is 79.6 Å². The molecule has 1 fully saturated rings. The number of ether oxygens (including phenoxy) is 1. The molecule has 1 aliphatic heterocycles. The molecular weight excluding hydrogens is 416 g/mol. The van der Waals surface area contributed by atoms with Gasteiger partial charge < -0.3 is 9.30 Å². The molecule has 1 aromatic heterocycles. The summed E-state index contributed by atoms with van der Waals surface area (Å²) in [6.45, 7) is 7.30. The molecule has 7 nitrogen and oxygen atoms in total. The van der Waals surface area contributed by atoms with Gasteiger partial charge in [-0.25, -0.2) is 10.5 Å². The van der Waals surface area contributed by atoms with Gasteiger partial charge in [-0.1, -0.05) is 48.5 Å². The van der Waals surface area contributed by atoms with Crippen LogP contribution in [-0.2, 0) is 22.5 Å². The van der Waals surface area contributed by atoms with Crippen LogP contribution < -0.4 is 5.48 Å². The van der Waals surface area contributed by atoms with Gasteiger partial charge in [0, 0.05) is 49.9 Å². The second-order valence-corrected chi connectivity index (χ2v) is 8.17. The van der Waals surface area contributed by atoms with Crippen LogP contribution >= 0.6 is 0 Å². The third-order valence-electron chi connectivity index (χ3n) is 5.91. The molecule has 0 unspecified atom stereocenters. The van der Waals surface area contributed by atoms with E-state index in [0.29, 0.717) is 0 Å². The Balaban J connectivity index is 1.67. The Morgan fingerprint density at radius 3 is 2.67 bits per heavy atom. The highest BCUT2D eigenvalue weighted by atomic mass is 16.5. The number of carbonyl (C=O) groups excluding carboxylic acids is 1. The van der Waals surface area contributed by atoms with E-state index in [1.807, 2.05) is 30.3 Å². The summed E-state index contributed by atoms with van der Waals surface area (Å²) < 4.78 is 7.84. The van der Waals surface area contributed by atoms with Crippen molar-refractivity contribution in [3.63, 3.8) is 0 Å². The van der Waals surface area contributed by atoms with Crippen LogP contribution in [0.3, 0.4) is 0 Å². The van der Waals surface area contributed by atoms with E-state index in [4.69, 9.17) is 14.9 Å². The van der Waals surface area contributed by atoms with Gasteiger partial charge in [-0.15, -0.1) is 0 Å². The fourth-order valence-corrected chi connectivity index (χ4v) is 4.14. The summed E-state index contributed by atoms with van der Waals surface area (Å²) in [4.78, 5) is 18.8. The lowest BCUT2D eigenvalue weighted by Crippen LogP contribution is -2.38. The fraction of sp³-hybridized carbons (Fsp3) is 0.308. The molecule has 2 heterocycles. The number of hydroxylamine groups is 1. The second-order valence-electron chi connectivity index (χ2n) is 8.17. The zero-order chi connectivity index (χ0) is 23.0. The van der Waals surface area contributed by atoms with Gasteiger partial charge in [0.05, 0.1) is 18.9 Å². The largest absolute Gasteiger partial charge is 0.379 e. The van der Waals surface area contributed by atoms with Crippen molar-refractivity contribution >= 4 is 12.0 Å². The number of rotatable bonds is 8. The van der Waals surface area contributed by atoms with Gasteiger partial charge in [0.1, 0.15) is 5.82 Å². The molecule has 172 valence electrons. The first-order valence-electron chi connectivity index (χ1n) is 11.3. The van der Waals surface area contributed by atoms with E-state index in [-0.39, 0.29) is 0 Å². The van der Waals surface area contributed by atoms with Crippen LogP contribution in [0.4, 0.5) is 0 Å². The lowest BCUT2D eigenvalue weighted by atomic mass is 10.1. The average molecular weight is 447 g/mol. The predicted octanol–water partition coefficient (Wildman–Crippen LogP) is 3.30. The molecule has 0 spiro atoms. The Labute approximate surface area is 194 Å². The Bertz CT molecular complexity index is 1100. The average Bonchev–Trinajstić information content (AvgIpc) is 3.17. The van der Waals surface area contributed by atoms with Gasteiger partial charge >= 0.3 is 0 Å². The van der Waals surface area contributed by atoms with Crippen molar-refractivity contribution in [2.75, 3.05) is 32.8 Å². The number of nitrogens with zero attached hydrogens (tertiary/aromatic N) is 3. The molecule has 1 amide bonds. The van der Waals surface area contributed by atoms with Crippen molar-refractivity contribution < 1.29 is 14.7 Å². The van der Waals surface area contributed by atoms with Crippen molar-refractivity contribution in [2.24, 2.45) is 0 Å². The standard InChI is InChI=1S/C26H30N4O3/c1-20-24(19-21-6-3-2-4-7-21)30(13-12-29-14-16-33-17-15-29)26(27-20)23-9-5-8-22(18-23)10-11-25(31)28-32/h2-11,18,32H,12-17,19H2,1H3,(H,28,31)/b11-10+. The van der Waals surface area contributed by atoms with Crippen LogP contribution in [0.25, 0.3) is 17.5 Å². The van der Waals surface area contributed by atoms with Gasteiger partial charge in [-0.2, -0.15) is 0 Å². The molecule has 2 N–H and O–H groups in total. The number of amides is 1. The number of aromatic nitrogens is 2. The highest BCUT2D eigenvalue weighted by Gasteiger charge is 2.18. The lowest BCUT2D eigenvalue weighted by molar-refractivity contribution is -0.124. The molecule has 0 atom stereocenters. The second kappa shape index (κ2) is 11.0. The summed E-state index contributed by atoms with van der Waals surface area (Å²) >= 11 is 0. The van der Waals surface area contributed by atoms with E-state index in [1.165, 1.54) is 17.3 Å². The minimum atomic E-state index is -0.562. The molecule has 7 heteroatoms. The number of morpholine rings is 1. The summed E-state index contributed by atoms with van der Waals surface area (Å²) in [5.74, 6) is 0.363. The molecule has 0 radical (unpaired) electrons. The van der Waals surface area contributed by atoms with E-state index in [0.717, 1.165) is 68.5 Å². The Morgan fingerprint density at radius 1 is 1.12 bits per heavy atom. The predicted molar refractivity (Wildman–Crippen MR) is 128 cm³/mol. The van der Waals surface area contributed by atoms with Crippen LogP contribution in [0.5, 0.6) is 0 Å². The van der Waals surface area contributed by atoms with Gasteiger partial charge in [-0.3, -0.25) is 14.9 Å². The van der Waals surface area contributed by atoms with Gasteiger partial charge in [0.15, 0.2) is 0 Å². The van der Waals surface area contributed by atoms with Crippen molar-refractivity contribution in [1.82, 2.24) is 19.9 Å². The summed E-state index contributed by atoms with van der Waals surface area (Å²) in [6, 6.07) is 18.4. The smallest absolute Gasteiger partial charge is 0.267 e. The minimum absolute atomic E-state index is 0.562. The SMILES string of the molecule is Cc1nc(-c2cccc(/C=C/C(=O)NO)c2)n(CCN2CCOCC2)c1Cc1ccccc1. The van der Waals surface area contributed by atoms with Crippen LogP contribution in [0.2, 0.25) is 0 Å². The first-order valence-corrected chi connectivity index (χ1v) is 11.3. The number of benzene rings is 2. The Morgan fingerprint density at radius 2 is 1.91 bits per heavy atom. The van der Waals surface area contributed by atoms with E-state index in [2.05, 4.69) is 40.7 Å². The molecule has 4 rings (SSSR count). The first-order chi connectivity index (χ1) is 16.1. The Hall–Kier alpha value is -3.26. The lowest BCUT2D eigenvalue weighted by Gasteiger charge is -2.27. The summed E-state index contributed by atoms with van der Waals surface area (Å²) in [5.41, 5.74) is 6.96. The molecule has 0 bridgehead atoms. The molecule has 1 saturated heterocycles. The molecule has 1 aliphatic rings. The maximum absolute atomic E-state index is 11.4. The van der Waals surface area contributed by atoms with Gasteiger partial charge in [-0.05, 0) is 30.2 Å². The highest BCUT2D eigenvalue weighted by molar-refractivity contribution is 5.91. The third kappa shape index (κ3) is 5.96. The van der Waals surface area contributed by atoms with Gasteiger partial charge in [0.2, 0.25) is 0 Å². The van der Waals surface area contributed by atoms with E-state index < -0.39 is 5.91 Å². The van der Waals surface area contributed by atoms with Crippen LogP contribution in [0.1, 0.15) is 22.5 Å². The number of carbonyl (C=O) groups is 1.